The second-order valence-corrected chi connectivity index (χ2v) is 11.9. The highest BCUT2D eigenvalue weighted by atomic mass is 14.9. The largest absolute Gasteiger partial charge is 0.264 e. The maximum absolute atomic E-state index is 5.23. The molecule has 0 unspecified atom stereocenters. The van der Waals surface area contributed by atoms with Crippen LogP contribution in [0.15, 0.2) is 163 Å². The molecule has 2 aromatic heterocycles. The van der Waals surface area contributed by atoms with Crippen molar-refractivity contribution in [2.45, 2.75) is 25.7 Å². The van der Waals surface area contributed by atoms with Crippen LogP contribution >= 0.6 is 0 Å². The molecule has 6 aromatic rings. The van der Waals surface area contributed by atoms with E-state index in [1.165, 1.54) is 38.6 Å². The summed E-state index contributed by atoms with van der Waals surface area (Å²) in [5, 5.41) is 2.48. The molecule has 8 rings (SSSR count). The van der Waals surface area contributed by atoms with Crippen LogP contribution in [0.2, 0.25) is 0 Å². The summed E-state index contributed by atoms with van der Waals surface area (Å²) in [6, 6.07) is 38.7. The Morgan fingerprint density at radius 3 is 2.07 bits per heavy atom. The fourth-order valence-corrected chi connectivity index (χ4v) is 6.39. The zero-order valence-electron chi connectivity index (χ0n) is 25.6. The Balaban J connectivity index is 1.22. The summed E-state index contributed by atoms with van der Waals surface area (Å²) in [5.41, 5.74) is 12.3. The Hall–Kier alpha value is -5.67. The normalized spacial score (nSPS) is 14.5. The lowest BCUT2D eigenvalue weighted by Gasteiger charge is -2.17. The van der Waals surface area contributed by atoms with Crippen molar-refractivity contribution in [2.75, 3.05) is 0 Å². The third-order valence-electron chi connectivity index (χ3n) is 8.87. The Morgan fingerprint density at radius 2 is 1.24 bits per heavy atom. The van der Waals surface area contributed by atoms with Crippen LogP contribution in [0.1, 0.15) is 31.5 Å². The lowest BCUT2D eigenvalue weighted by atomic mass is 9.91. The van der Waals surface area contributed by atoms with Crippen LogP contribution in [0, 0.1) is 0 Å². The van der Waals surface area contributed by atoms with E-state index in [1.807, 2.05) is 12.3 Å². The van der Waals surface area contributed by atoms with Gasteiger partial charge in [0.05, 0.1) is 11.4 Å². The molecule has 220 valence electrons. The third kappa shape index (κ3) is 5.76. The second-order valence-electron chi connectivity index (χ2n) is 11.9. The minimum atomic E-state index is 0.797. The quantitative estimate of drug-likeness (QED) is 0.193. The van der Waals surface area contributed by atoms with Crippen LogP contribution in [0.5, 0.6) is 0 Å². The van der Waals surface area contributed by atoms with Gasteiger partial charge < -0.3 is 0 Å². The number of pyridine rings is 1. The average Bonchev–Trinajstić information content (AvgIpc) is 3.15. The second kappa shape index (κ2) is 12.4. The molecule has 3 heteroatoms. The van der Waals surface area contributed by atoms with Crippen LogP contribution in [-0.2, 0) is 0 Å². The van der Waals surface area contributed by atoms with E-state index in [-0.39, 0.29) is 0 Å². The number of fused-ring (bicyclic) bond motifs is 1. The summed E-state index contributed by atoms with van der Waals surface area (Å²) in [5.74, 6) is 0.797. The molecular formula is C43H33N3. The lowest BCUT2D eigenvalue weighted by molar-refractivity contribution is 0.986. The maximum atomic E-state index is 5.23. The molecule has 0 atom stereocenters. The maximum Gasteiger partial charge on any atom is 0.156 e. The fraction of sp³-hybridized carbons (Fsp3) is 0.0930. The number of hydrogen-bond donors (Lipinski definition) is 0. The molecule has 0 N–H and O–H groups in total. The first-order valence-corrected chi connectivity index (χ1v) is 16.0. The van der Waals surface area contributed by atoms with Gasteiger partial charge in [-0.2, -0.15) is 0 Å². The SMILES string of the molecule is C1=CC(C2=CCCC(c3nc(-c4ccc(-c5cccnc5)cc4)cc(-c4cccc(-c5ccc6ccccc6c5)c4)n3)=C2)=CCC1. The summed E-state index contributed by atoms with van der Waals surface area (Å²) in [4.78, 5) is 14.7. The molecule has 0 saturated heterocycles. The molecule has 4 aromatic carbocycles. The Kier molecular flexibility index (Phi) is 7.49. The first-order chi connectivity index (χ1) is 22.8. The third-order valence-corrected chi connectivity index (χ3v) is 8.87. The number of aromatic nitrogens is 3. The van der Waals surface area contributed by atoms with Crippen LogP contribution < -0.4 is 0 Å². The Labute approximate surface area is 270 Å². The van der Waals surface area contributed by atoms with Gasteiger partial charge in [-0.3, -0.25) is 4.98 Å². The van der Waals surface area contributed by atoms with Gasteiger partial charge in [0, 0.05) is 23.5 Å². The van der Waals surface area contributed by atoms with Crippen LogP contribution in [0.25, 0.3) is 61.1 Å². The fourth-order valence-electron chi connectivity index (χ4n) is 6.39. The van der Waals surface area contributed by atoms with E-state index in [1.54, 1.807) is 6.20 Å². The van der Waals surface area contributed by atoms with Crippen molar-refractivity contribution in [2.24, 2.45) is 0 Å². The molecule has 0 amide bonds. The topological polar surface area (TPSA) is 38.7 Å². The summed E-state index contributed by atoms with van der Waals surface area (Å²) in [7, 11) is 0. The molecule has 0 fully saturated rings. The van der Waals surface area contributed by atoms with E-state index >= 15 is 0 Å². The smallest absolute Gasteiger partial charge is 0.156 e. The van der Waals surface area contributed by atoms with Gasteiger partial charge >= 0.3 is 0 Å². The minimum absolute atomic E-state index is 0.797. The number of nitrogens with zero attached hydrogens (tertiary/aromatic N) is 3. The van der Waals surface area contributed by atoms with Crippen molar-refractivity contribution in [3.8, 4) is 44.8 Å². The number of rotatable bonds is 6. The molecule has 2 aliphatic carbocycles. The summed E-state index contributed by atoms with van der Waals surface area (Å²) in [6.45, 7) is 0. The molecule has 0 bridgehead atoms. The highest BCUT2D eigenvalue weighted by molar-refractivity contribution is 5.88. The van der Waals surface area contributed by atoms with Gasteiger partial charge in [-0.05, 0) is 106 Å². The minimum Gasteiger partial charge on any atom is -0.264 e. The van der Waals surface area contributed by atoms with Gasteiger partial charge in [0.1, 0.15) is 0 Å². The van der Waals surface area contributed by atoms with Gasteiger partial charge in [0.2, 0.25) is 0 Å². The van der Waals surface area contributed by atoms with Crippen molar-refractivity contribution in [3.63, 3.8) is 0 Å². The Morgan fingerprint density at radius 1 is 0.500 bits per heavy atom. The highest BCUT2D eigenvalue weighted by Crippen LogP contribution is 2.34. The van der Waals surface area contributed by atoms with Crippen molar-refractivity contribution in [1.82, 2.24) is 15.0 Å². The first-order valence-electron chi connectivity index (χ1n) is 16.0. The average molecular weight is 592 g/mol. The predicted molar refractivity (Wildman–Crippen MR) is 191 cm³/mol. The van der Waals surface area contributed by atoms with Gasteiger partial charge in [-0.25, -0.2) is 9.97 Å². The predicted octanol–water partition coefficient (Wildman–Crippen LogP) is 11.1. The zero-order chi connectivity index (χ0) is 30.7. The first kappa shape index (κ1) is 27.8. The molecule has 2 aliphatic rings. The van der Waals surface area contributed by atoms with Crippen molar-refractivity contribution < 1.29 is 0 Å². The number of benzene rings is 4. The monoisotopic (exact) mass is 591 g/mol. The van der Waals surface area contributed by atoms with Crippen molar-refractivity contribution >= 4 is 16.3 Å². The molecule has 0 saturated carbocycles. The molecule has 0 aliphatic heterocycles. The summed E-state index contributed by atoms with van der Waals surface area (Å²) in [6.07, 6.45) is 19.3. The van der Waals surface area contributed by atoms with E-state index in [0.29, 0.717) is 0 Å². The van der Waals surface area contributed by atoms with Crippen LogP contribution in [0.3, 0.4) is 0 Å². The standard InChI is InChI=1S/C43H33N3/c1-2-9-30(10-3-1)35-13-7-16-39(27-35)43-45-41(33-21-18-32(19-22-33)40-17-8-24-44-29-40)28-42(46-43)38-15-6-14-36(26-38)37-23-20-31-11-4-5-12-34(31)25-37/h2,4-6,8-15,17-29H,1,3,7,16H2. The molecule has 46 heavy (non-hydrogen) atoms. The van der Waals surface area contributed by atoms with E-state index in [0.717, 1.165) is 65.1 Å². The molecule has 0 spiro atoms. The Bertz CT molecular complexity index is 2180. The van der Waals surface area contributed by atoms with Crippen LogP contribution in [-0.4, -0.2) is 15.0 Å². The van der Waals surface area contributed by atoms with Crippen molar-refractivity contribution in [1.29, 1.82) is 0 Å². The van der Waals surface area contributed by atoms with E-state index in [9.17, 15) is 0 Å². The van der Waals surface area contributed by atoms with Gasteiger partial charge in [-0.15, -0.1) is 0 Å². The molecule has 0 radical (unpaired) electrons. The molecule has 3 nitrogen and oxygen atoms in total. The summed E-state index contributed by atoms with van der Waals surface area (Å²) >= 11 is 0. The van der Waals surface area contributed by atoms with E-state index in [4.69, 9.17) is 9.97 Å². The van der Waals surface area contributed by atoms with Gasteiger partial charge in [0.25, 0.3) is 0 Å². The van der Waals surface area contributed by atoms with E-state index < -0.39 is 0 Å². The van der Waals surface area contributed by atoms with Gasteiger partial charge in [-0.1, -0.05) is 109 Å². The van der Waals surface area contributed by atoms with Crippen molar-refractivity contribution in [3.05, 3.63) is 169 Å². The zero-order valence-corrected chi connectivity index (χ0v) is 25.6. The number of allylic oxidation sites excluding steroid dienone is 8. The number of hydrogen-bond acceptors (Lipinski definition) is 3. The van der Waals surface area contributed by atoms with Gasteiger partial charge in [0.15, 0.2) is 5.82 Å². The highest BCUT2D eigenvalue weighted by Gasteiger charge is 2.17. The van der Waals surface area contributed by atoms with Crippen LogP contribution in [0.4, 0.5) is 0 Å². The molecular weight excluding hydrogens is 558 g/mol. The lowest BCUT2D eigenvalue weighted by Crippen LogP contribution is -2.03. The molecule has 2 heterocycles. The summed E-state index contributed by atoms with van der Waals surface area (Å²) < 4.78 is 0. The van der Waals surface area contributed by atoms with E-state index in [2.05, 4.69) is 138 Å².